The topological polar surface area (TPSA) is 52.7 Å². The maximum absolute atomic E-state index is 13.6. The lowest BCUT2D eigenvalue weighted by molar-refractivity contribution is -0.117. The molecule has 3 rings (SSSR count). The molecule has 1 saturated heterocycles. The molecular weight excluding hydrogens is 352 g/mol. The van der Waals surface area contributed by atoms with Gasteiger partial charge in [-0.1, -0.05) is 18.2 Å². The summed E-state index contributed by atoms with van der Waals surface area (Å²) in [6.45, 7) is 2.45. The summed E-state index contributed by atoms with van der Waals surface area (Å²) in [5.41, 5.74) is 0.604. The van der Waals surface area contributed by atoms with Crippen LogP contribution in [-0.4, -0.2) is 54.3 Å². The molecular formula is C20H21F2N3O2. The van der Waals surface area contributed by atoms with Gasteiger partial charge in [0.25, 0.3) is 5.91 Å². The molecule has 5 nitrogen and oxygen atoms in total. The molecule has 2 aromatic carbocycles. The molecule has 0 bridgehead atoms. The second-order valence-electron chi connectivity index (χ2n) is 6.46. The first-order valence-electron chi connectivity index (χ1n) is 8.84. The minimum atomic E-state index is -0.807. The minimum absolute atomic E-state index is 0.0183. The van der Waals surface area contributed by atoms with Gasteiger partial charge in [0.2, 0.25) is 5.91 Å². The SMILES string of the molecule is O=C(CN1CCCN(C(=O)c2ccccc2)CC1)Nc1ccc(F)cc1F. The van der Waals surface area contributed by atoms with E-state index in [4.69, 9.17) is 0 Å². The molecule has 2 aromatic rings. The predicted octanol–water partition coefficient (Wildman–Crippen LogP) is 2.75. The van der Waals surface area contributed by atoms with Crippen LogP contribution < -0.4 is 5.32 Å². The molecule has 2 amide bonds. The van der Waals surface area contributed by atoms with E-state index in [1.54, 1.807) is 17.0 Å². The van der Waals surface area contributed by atoms with Crippen molar-refractivity contribution in [3.05, 3.63) is 65.7 Å². The van der Waals surface area contributed by atoms with Crippen molar-refractivity contribution in [2.75, 3.05) is 38.0 Å². The van der Waals surface area contributed by atoms with Crippen LogP contribution in [0, 0.1) is 11.6 Å². The summed E-state index contributed by atoms with van der Waals surface area (Å²) in [5.74, 6) is -1.89. The molecule has 142 valence electrons. The van der Waals surface area contributed by atoms with E-state index in [9.17, 15) is 18.4 Å². The van der Waals surface area contributed by atoms with Crippen LogP contribution in [0.2, 0.25) is 0 Å². The monoisotopic (exact) mass is 373 g/mol. The maximum Gasteiger partial charge on any atom is 0.253 e. The normalized spacial score (nSPS) is 15.3. The van der Waals surface area contributed by atoms with Gasteiger partial charge in [0.1, 0.15) is 11.6 Å². The molecule has 0 saturated carbocycles. The molecule has 7 heteroatoms. The number of nitrogens with zero attached hydrogens (tertiary/aromatic N) is 2. The highest BCUT2D eigenvalue weighted by atomic mass is 19.1. The third kappa shape index (κ3) is 5.10. The molecule has 0 unspecified atom stereocenters. The second-order valence-corrected chi connectivity index (χ2v) is 6.46. The molecule has 1 heterocycles. The Kier molecular flexibility index (Phi) is 6.13. The van der Waals surface area contributed by atoms with E-state index in [2.05, 4.69) is 5.32 Å². The number of rotatable bonds is 4. The Bertz CT molecular complexity index is 814. The van der Waals surface area contributed by atoms with Crippen LogP contribution in [0.1, 0.15) is 16.8 Å². The summed E-state index contributed by atoms with van der Waals surface area (Å²) in [6, 6.07) is 12.1. The fourth-order valence-corrected chi connectivity index (χ4v) is 3.08. The fourth-order valence-electron chi connectivity index (χ4n) is 3.08. The number of hydrogen-bond acceptors (Lipinski definition) is 3. The number of benzene rings is 2. The predicted molar refractivity (Wildman–Crippen MR) is 98.4 cm³/mol. The first-order valence-corrected chi connectivity index (χ1v) is 8.84. The van der Waals surface area contributed by atoms with Crippen molar-refractivity contribution in [1.29, 1.82) is 0 Å². The standard InChI is InChI=1S/C20H21F2N3O2/c21-16-7-8-18(17(22)13-16)23-19(26)14-24-9-4-10-25(12-11-24)20(27)15-5-2-1-3-6-15/h1-3,5-8,13H,4,9-12,14H2,(H,23,26). The Labute approximate surface area is 156 Å². The van der Waals surface area contributed by atoms with E-state index in [0.717, 1.165) is 18.6 Å². The number of nitrogens with one attached hydrogen (secondary N) is 1. The van der Waals surface area contributed by atoms with E-state index in [-0.39, 0.29) is 24.0 Å². The lowest BCUT2D eigenvalue weighted by Gasteiger charge is -2.22. The number of anilines is 1. The summed E-state index contributed by atoms with van der Waals surface area (Å²) in [7, 11) is 0. The Hall–Kier alpha value is -2.80. The Morgan fingerprint density at radius 3 is 2.48 bits per heavy atom. The van der Waals surface area contributed by atoms with Gasteiger partial charge in [0.05, 0.1) is 12.2 Å². The zero-order valence-corrected chi connectivity index (χ0v) is 14.8. The third-order valence-corrected chi connectivity index (χ3v) is 4.47. The summed E-state index contributed by atoms with van der Waals surface area (Å²) >= 11 is 0. The van der Waals surface area contributed by atoms with Crippen LogP contribution in [0.4, 0.5) is 14.5 Å². The summed E-state index contributed by atoms with van der Waals surface area (Å²) in [4.78, 5) is 28.4. The summed E-state index contributed by atoms with van der Waals surface area (Å²) in [5, 5.41) is 2.46. The average molecular weight is 373 g/mol. The molecule has 1 N–H and O–H groups in total. The zero-order valence-electron chi connectivity index (χ0n) is 14.8. The second kappa shape index (κ2) is 8.73. The van der Waals surface area contributed by atoms with E-state index < -0.39 is 11.6 Å². The summed E-state index contributed by atoms with van der Waals surface area (Å²) in [6.07, 6.45) is 0.747. The van der Waals surface area contributed by atoms with Crippen molar-refractivity contribution >= 4 is 17.5 Å². The van der Waals surface area contributed by atoms with Crippen molar-refractivity contribution in [2.24, 2.45) is 0 Å². The number of halogens is 2. The molecule has 1 aliphatic heterocycles. The van der Waals surface area contributed by atoms with E-state index >= 15 is 0 Å². The highest BCUT2D eigenvalue weighted by molar-refractivity contribution is 5.94. The smallest absolute Gasteiger partial charge is 0.253 e. The average Bonchev–Trinajstić information content (AvgIpc) is 2.90. The molecule has 0 aliphatic carbocycles. The van der Waals surface area contributed by atoms with Gasteiger partial charge >= 0.3 is 0 Å². The molecule has 27 heavy (non-hydrogen) atoms. The zero-order chi connectivity index (χ0) is 19.2. The highest BCUT2D eigenvalue weighted by Crippen LogP contribution is 2.15. The van der Waals surface area contributed by atoms with E-state index in [1.165, 1.54) is 6.07 Å². The fraction of sp³-hybridized carbons (Fsp3) is 0.300. The minimum Gasteiger partial charge on any atom is -0.337 e. The number of amides is 2. The van der Waals surface area contributed by atoms with Crippen LogP contribution in [0.5, 0.6) is 0 Å². The van der Waals surface area contributed by atoms with Gasteiger partial charge < -0.3 is 10.2 Å². The molecule has 0 radical (unpaired) electrons. The molecule has 0 aromatic heterocycles. The van der Waals surface area contributed by atoms with Gasteiger partial charge in [-0.2, -0.15) is 0 Å². The third-order valence-electron chi connectivity index (χ3n) is 4.47. The van der Waals surface area contributed by atoms with Crippen molar-refractivity contribution in [2.45, 2.75) is 6.42 Å². The van der Waals surface area contributed by atoms with Gasteiger partial charge in [0, 0.05) is 37.8 Å². The Morgan fingerprint density at radius 1 is 0.963 bits per heavy atom. The Balaban J connectivity index is 1.53. The maximum atomic E-state index is 13.6. The highest BCUT2D eigenvalue weighted by Gasteiger charge is 2.21. The van der Waals surface area contributed by atoms with E-state index in [0.29, 0.717) is 31.7 Å². The van der Waals surface area contributed by atoms with Crippen LogP contribution in [-0.2, 0) is 4.79 Å². The molecule has 0 spiro atoms. The first-order chi connectivity index (χ1) is 13.0. The van der Waals surface area contributed by atoms with Crippen LogP contribution >= 0.6 is 0 Å². The largest absolute Gasteiger partial charge is 0.337 e. The van der Waals surface area contributed by atoms with Crippen molar-refractivity contribution in [3.63, 3.8) is 0 Å². The first kappa shape index (κ1) is 19.0. The van der Waals surface area contributed by atoms with Gasteiger partial charge in [-0.15, -0.1) is 0 Å². The number of carbonyl (C=O) groups is 2. The van der Waals surface area contributed by atoms with E-state index in [1.807, 2.05) is 23.1 Å². The molecule has 1 fully saturated rings. The quantitative estimate of drug-likeness (QED) is 0.897. The Morgan fingerprint density at radius 2 is 1.74 bits per heavy atom. The van der Waals surface area contributed by atoms with Crippen LogP contribution in [0.25, 0.3) is 0 Å². The van der Waals surface area contributed by atoms with Gasteiger partial charge in [0.15, 0.2) is 0 Å². The van der Waals surface area contributed by atoms with Crippen LogP contribution in [0.15, 0.2) is 48.5 Å². The molecule has 1 aliphatic rings. The van der Waals surface area contributed by atoms with Crippen LogP contribution in [0.3, 0.4) is 0 Å². The summed E-state index contributed by atoms with van der Waals surface area (Å²) < 4.78 is 26.6. The van der Waals surface area contributed by atoms with Crippen molar-refractivity contribution in [3.8, 4) is 0 Å². The van der Waals surface area contributed by atoms with Gasteiger partial charge in [-0.3, -0.25) is 14.5 Å². The van der Waals surface area contributed by atoms with Gasteiger partial charge in [-0.05, 0) is 30.7 Å². The lowest BCUT2D eigenvalue weighted by Crippen LogP contribution is -2.38. The molecule has 0 atom stereocenters. The van der Waals surface area contributed by atoms with Gasteiger partial charge in [-0.25, -0.2) is 8.78 Å². The van der Waals surface area contributed by atoms with Crippen molar-refractivity contribution < 1.29 is 18.4 Å². The van der Waals surface area contributed by atoms with Crippen molar-refractivity contribution in [1.82, 2.24) is 9.80 Å². The number of carbonyl (C=O) groups excluding carboxylic acids is 2. The lowest BCUT2D eigenvalue weighted by atomic mass is 10.2. The number of hydrogen-bond donors (Lipinski definition) is 1.